The van der Waals surface area contributed by atoms with E-state index in [2.05, 4.69) is 13.2 Å². The lowest BCUT2D eigenvalue weighted by Gasteiger charge is -2.03. The third-order valence-electron chi connectivity index (χ3n) is 1.12. The predicted molar refractivity (Wildman–Crippen MR) is 40.2 cm³/mol. The molecule has 0 aliphatic rings. The van der Waals surface area contributed by atoms with Gasteiger partial charge in [-0.15, -0.1) is 0 Å². The van der Waals surface area contributed by atoms with Gasteiger partial charge in [-0.05, 0) is 6.92 Å². The fourth-order valence-electron chi connectivity index (χ4n) is 0.557. The molecule has 0 unspecified atom stereocenters. The first kappa shape index (κ1) is 8.95. The summed E-state index contributed by atoms with van der Waals surface area (Å²) >= 11 is 0. The molecule has 0 fully saturated rings. The van der Waals surface area contributed by atoms with E-state index >= 15 is 0 Å². The molecule has 0 aromatic rings. The molecule has 0 bridgehead atoms. The van der Waals surface area contributed by atoms with Crippen LogP contribution in [-0.2, 0) is 4.74 Å². The van der Waals surface area contributed by atoms with Gasteiger partial charge in [-0.1, -0.05) is 19.2 Å². The minimum atomic E-state index is -0.332. The van der Waals surface area contributed by atoms with Crippen molar-refractivity contribution >= 4 is 0 Å². The summed E-state index contributed by atoms with van der Waals surface area (Å²) in [5.41, 5.74) is 0.322. The maximum absolute atomic E-state index is 12.5. The van der Waals surface area contributed by atoms with Crippen LogP contribution in [-0.4, -0.2) is 7.11 Å². The normalized spacial score (nSPS) is 11.9. The zero-order chi connectivity index (χ0) is 8.15. The fraction of sp³-hybridized carbons (Fsp3) is 0.250. The van der Waals surface area contributed by atoms with Gasteiger partial charge in [-0.25, -0.2) is 4.39 Å². The molecule has 0 saturated carbocycles. The van der Waals surface area contributed by atoms with Crippen LogP contribution in [0.3, 0.4) is 0 Å². The van der Waals surface area contributed by atoms with E-state index in [0.29, 0.717) is 11.3 Å². The largest absolute Gasteiger partial charge is 0.497 e. The molecule has 10 heavy (non-hydrogen) atoms. The van der Waals surface area contributed by atoms with Crippen LogP contribution in [0.25, 0.3) is 0 Å². The smallest absolute Gasteiger partial charge is 0.121 e. The summed E-state index contributed by atoms with van der Waals surface area (Å²) < 4.78 is 17.2. The Balaban J connectivity index is 4.53. The highest BCUT2D eigenvalue weighted by Crippen LogP contribution is 2.14. The number of hydrogen-bond acceptors (Lipinski definition) is 1. The summed E-state index contributed by atoms with van der Waals surface area (Å²) in [7, 11) is 1.44. The van der Waals surface area contributed by atoms with Crippen LogP contribution >= 0.6 is 0 Å². The monoisotopic (exact) mass is 142 g/mol. The zero-order valence-corrected chi connectivity index (χ0v) is 6.28. The second kappa shape index (κ2) is 3.88. The van der Waals surface area contributed by atoms with Gasteiger partial charge in [0.1, 0.15) is 11.6 Å². The molecule has 0 amide bonds. The highest BCUT2D eigenvalue weighted by molar-refractivity contribution is 5.34. The highest BCUT2D eigenvalue weighted by atomic mass is 19.1. The van der Waals surface area contributed by atoms with E-state index in [1.54, 1.807) is 0 Å². The van der Waals surface area contributed by atoms with Crippen LogP contribution in [0.2, 0.25) is 0 Å². The average Bonchev–Trinajstić information content (AvgIpc) is 1.88. The molecule has 0 aromatic carbocycles. The van der Waals surface area contributed by atoms with Crippen molar-refractivity contribution in [2.75, 3.05) is 7.11 Å². The molecule has 0 radical (unpaired) electrons. The van der Waals surface area contributed by atoms with E-state index in [0.717, 1.165) is 0 Å². The van der Waals surface area contributed by atoms with E-state index in [1.807, 2.05) is 0 Å². The minimum Gasteiger partial charge on any atom is -0.497 e. The molecular formula is C8H11FO. The summed E-state index contributed by atoms with van der Waals surface area (Å²) in [6.45, 7) is 8.22. The summed E-state index contributed by atoms with van der Waals surface area (Å²) in [6.07, 6.45) is 1.38. The Morgan fingerprint density at radius 1 is 1.60 bits per heavy atom. The van der Waals surface area contributed by atoms with Crippen molar-refractivity contribution in [3.05, 3.63) is 36.4 Å². The Morgan fingerprint density at radius 2 is 2.10 bits per heavy atom. The van der Waals surface area contributed by atoms with Gasteiger partial charge in [0.2, 0.25) is 0 Å². The Labute approximate surface area is 60.5 Å². The maximum Gasteiger partial charge on any atom is 0.121 e. The standard InChI is InChI=1S/C8H11FO/c1-5-8(6(2)9)7(3)10-4/h5H,1,3H2,2,4H3/b8-6-. The molecule has 0 atom stereocenters. The Kier molecular flexibility index (Phi) is 3.47. The van der Waals surface area contributed by atoms with E-state index < -0.39 is 0 Å². The van der Waals surface area contributed by atoms with Crippen molar-refractivity contribution in [2.24, 2.45) is 0 Å². The zero-order valence-electron chi connectivity index (χ0n) is 6.28. The number of allylic oxidation sites excluding steroid dienone is 2. The first-order chi connectivity index (χ1) is 4.63. The number of halogens is 1. The van der Waals surface area contributed by atoms with Crippen LogP contribution in [0.15, 0.2) is 36.4 Å². The molecule has 1 nitrogen and oxygen atoms in total. The second-order valence-electron chi connectivity index (χ2n) is 1.78. The summed E-state index contributed by atoms with van der Waals surface area (Å²) in [6, 6.07) is 0. The van der Waals surface area contributed by atoms with E-state index in [1.165, 1.54) is 20.1 Å². The van der Waals surface area contributed by atoms with Gasteiger partial charge in [0.25, 0.3) is 0 Å². The SMILES string of the molecule is C=C/C(C(=C)OC)=C(\C)F. The lowest BCUT2D eigenvalue weighted by molar-refractivity contribution is 0.302. The van der Waals surface area contributed by atoms with Crippen LogP contribution in [0.4, 0.5) is 4.39 Å². The van der Waals surface area contributed by atoms with Crippen LogP contribution in [0, 0.1) is 0 Å². The van der Waals surface area contributed by atoms with Crippen molar-refractivity contribution in [3.63, 3.8) is 0 Å². The van der Waals surface area contributed by atoms with Gasteiger partial charge < -0.3 is 4.74 Å². The predicted octanol–water partition coefficient (Wildman–Crippen LogP) is 2.58. The molecule has 0 heterocycles. The van der Waals surface area contributed by atoms with Crippen LogP contribution in [0.1, 0.15) is 6.92 Å². The molecule has 2 heteroatoms. The summed E-state index contributed by atoms with van der Waals surface area (Å²) in [5.74, 6) is -0.0307. The number of hydrogen-bond donors (Lipinski definition) is 0. The Morgan fingerprint density at radius 3 is 2.20 bits per heavy atom. The lowest BCUT2D eigenvalue weighted by atomic mass is 10.2. The van der Waals surface area contributed by atoms with Crippen molar-refractivity contribution in [2.45, 2.75) is 6.92 Å². The molecule has 0 spiro atoms. The minimum absolute atomic E-state index is 0.301. The van der Waals surface area contributed by atoms with E-state index in [-0.39, 0.29) is 5.83 Å². The van der Waals surface area contributed by atoms with Gasteiger partial charge in [0.15, 0.2) is 0 Å². The first-order valence-corrected chi connectivity index (χ1v) is 2.85. The van der Waals surface area contributed by atoms with Crippen molar-refractivity contribution < 1.29 is 9.13 Å². The number of ether oxygens (including phenoxy) is 1. The molecule has 0 aliphatic heterocycles. The van der Waals surface area contributed by atoms with Gasteiger partial charge in [0.05, 0.1) is 7.11 Å². The second-order valence-corrected chi connectivity index (χ2v) is 1.78. The van der Waals surface area contributed by atoms with Crippen molar-refractivity contribution in [3.8, 4) is 0 Å². The van der Waals surface area contributed by atoms with Crippen LogP contribution < -0.4 is 0 Å². The highest BCUT2D eigenvalue weighted by Gasteiger charge is 2.01. The summed E-state index contributed by atoms with van der Waals surface area (Å²) in [4.78, 5) is 0. The van der Waals surface area contributed by atoms with Gasteiger partial charge in [-0.3, -0.25) is 0 Å². The molecule has 0 aliphatic carbocycles. The first-order valence-electron chi connectivity index (χ1n) is 2.85. The molecule has 56 valence electrons. The van der Waals surface area contributed by atoms with Crippen molar-refractivity contribution in [1.82, 2.24) is 0 Å². The van der Waals surface area contributed by atoms with Gasteiger partial charge in [-0.2, -0.15) is 0 Å². The molecule has 0 rings (SSSR count). The van der Waals surface area contributed by atoms with Crippen LogP contribution in [0.5, 0.6) is 0 Å². The molecule has 0 aromatic heterocycles. The Bertz CT molecular complexity index is 176. The number of rotatable bonds is 3. The van der Waals surface area contributed by atoms with E-state index in [4.69, 9.17) is 4.74 Å². The topological polar surface area (TPSA) is 9.23 Å². The number of methoxy groups -OCH3 is 1. The van der Waals surface area contributed by atoms with E-state index in [9.17, 15) is 4.39 Å². The molecular weight excluding hydrogens is 131 g/mol. The third-order valence-corrected chi connectivity index (χ3v) is 1.12. The fourth-order valence-corrected chi connectivity index (χ4v) is 0.557. The van der Waals surface area contributed by atoms with Gasteiger partial charge >= 0.3 is 0 Å². The maximum atomic E-state index is 12.5. The third kappa shape index (κ3) is 2.05. The molecule has 0 N–H and O–H groups in total. The quantitative estimate of drug-likeness (QED) is 0.434. The molecule has 0 saturated heterocycles. The lowest BCUT2D eigenvalue weighted by Crippen LogP contribution is -1.88. The summed E-state index contributed by atoms with van der Waals surface area (Å²) in [5, 5.41) is 0. The van der Waals surface area contributed by atoms with Crippen molar-refractivity contribution in [1.29, 1.82) is 0 Å². The average molecular weight is 142 g/mol. The van der Waals surface area contributed by atoms with Gasteiger partial charge in [0, 0.05) is 5.57 Å². The Hall–Kier alpha value is -1.05.